The average molecular weight is 252 g/mol. The van der Waals surface area contributed by atoms with Gasteiger partial charge in [-0.1, -0.05) is 28.1 Å². The molecule has 0 aliphatic carbocycles. The first kappa shape index (κ1) is 10.8. The molecule has 0 spiro atoms. The molecule has 0 aliphatic heterocycles. The molecule has 1 aromatic carbocycles. The maximum absolute atomic E-state index is 8.73. The van der Waals surface area contributed by atoms with E-state index in [9.17, 15) is 0 Å². The molecule has 0 fully saturated rings. The van der Waals surface area contributed by atoms with Crippen molar-refractivity contribution in [3.63, 3.8) is 0 Å². The van der Waals surface area contributed by atoms with Gasteiger partial charge in [0.2, 0.25) is 0 Å². The fraction of sp³-hybridized carbons (Fsp3) is 0.182. The van der Waals surface area contributed by atoms with Crippen molar-refractivity contribution in [1.29, 1.82) is 5.26 Å². The van der Waals surface area contributed by atoms with E-state index < -0.39 is 0 Å². The summed E-state index contributed by atoms with van der Waals surface area (Å²) in [5, 5.41) is 9.51. The molecular weight excluding hydrogens is 242 g/mol. The summed E-state index contributed by atoms with van der Waals surface area (Å²) in [7, 11) is 1.62. The first-order valence-corrected chi connectivity index (χ1v) is 5.24. The van der Waals surface area contributed by atoms with Crippen LogP contribution in [0.15, 0.2) is 24.3 Å². The summed E-state index contributed by atoms with van der Waals surface area (Å²) in [4.78, 5) is 0. The number of halogens is 1. The number of nitrogens with zero attached hydrogens (tertiary/aromatic N) is 1. The summed E-state index contributed by atoms with van der Waals surface area (Å²) >= 11 is 3.30. The van der Waals surface area contributed by atoms with Crippen molar-refractivity contribution in [1.82, 2.24) is 0 Å². The summed E-state index contributed by atoms with van der Waals surface area (Å²) in [6.45, 7) is 0. The highest BCUT2D eigenvalue weighted by Gasteiger charge is 2.00. The zero-order valence-electron chi connectivity index (χ0n) is 7.83. The van der Waals surface area contributed by atoms with Crippen molar-refractivity contribution in [3.8, 4) is 11.8 Å². The van der Waals surface area contributed by atoms with E-state index in [0.29, 0.717) is 5.56 Å². The quantitative estimate of drug-likeness (QED) is 0.775. The minimum Gasteiger partial charge on any atom is -0.496 e. The fourth-order valence-corrected chi connectivity index (χ4v) is 1.29. The van der Waals surface area contributed by atoms with Crippen LogP contribution in [0.4, 0.5) is 0 Å². The summed E-state index contributed by atoms with van der Waals surface area (Å²) < 4.78 is 5.17. The molecule has 0 saturated heterocycles. The van der Waals surface area contributed by atoms with Crippen LogP contribution in [0.25, 0.3) is 6.08 Å². The topological polar surface area (TPSA) is 33.0 Å². The maximum atomic E-state index is 8.73. The largest absolute Gasteiger partial charge is 0.496 e. The molecule has 72 valence electrons. The number of benzene rings is 1. The van der Waals surface area contributed by atoms with Crippen LogP contribution in [0.1, 0.15) is 11.1 Å². The van der Waals surface area contributed by atoms with Crippen LogP contribution in [-0.4, -0.2) is 12.4 Å². The zero-order chi connectivity index (χ0) is 10.4. The fourth-order valence-electron chi connectivity index (χ4n) is 1.11. The Labute approximate surface area is 91.9 Å². The second kappa shape index (κ2) is 5.46. The number of methoxy groups -OCH3 is 1. The van der Waals surface area contributed by atoms with E-state index in [1.165, 1.54) is 0 Å². The Bertz CT molecular complexity index is 379. The molecule has 0 aromatic heterocycles. The van der Waals surface area contributed by atoms with Gasteiger partial charge in [-0.2, -0.15) is 5.26 Å². The molecule has 0 heterocycles. The number of hydrogen-bond donors (Lipinski definition) is 0. The third kappa shape index (κ3) is 2.61. The van der Waals surface area contributed by atoms with E-state index in [1.54, 1.807) is 25.3 Å². The van der Waals surface area contributed by atoms with Crippen molar-refractivity contribution >= 4 is 22.0 Å². The minimum absolute atomic E-state index is 0.639. The molecule has 0 unspecified atom stereocenters. The molecule has 0 aliphatic rings. The SMILES string of the molecule is COc1ccc(C#N)cc1C=CCBr. The van der Waals surface area contributed by atoms with Gasteiger partial charge in [-0.25, -0.2) is 0 Å². The van der Waals surface area contributed by atoms with E-state index in [1.807, 2.05) is 12.2 Å². The molecule has 0 amide bonds. The second-order valence-corrected chi connectivity index (χ2v) is 3.27. The summed E-state index contributed by atoms with van der Waals surface area (Å²) in [5.41, 5.74) is 1.56. The Morgan fingerprint density at radius 3 is 2.93 bits per heavy atom. The van der Waals surface area contributed by atoms with Crippen LogP contribution in [0.2, 0.25) is 0 Å². The van der Waals surface area contributed by atoms with Gasteiger partial charge in [0, 0.05) is 10.9 Å². The monoisotopic (exact) mass is 251 g/mol. The Kier molecular flexibility index (Phi) is 4.21. The van der Waals surface area contributed by atoms with Gasteiger partial charge in [0.05, 0.1) is 18.7 Å². The van der Waals surface area contributed by atoms with Crippen LogP contribution in [0.5, 0.6) is 5.75 Å². The molecular formula is C11H10BrNO. The van der Waals surface area contributed by atoms with Gasteiger partial charge in [-0.05, 0) is 18.2 Å². The van der Waals surface area contributed by atoms with Crippen molar-refractivity contribution in [2.45, 2.75) is 0 Å². The molecule has 0 atom stereocenters. The molecule has 0 saturated carbocycles. The Hall–Kier alpha value is -1.27. The van der Waals surface area contributed by atoms with Crippen LogP contribution >= 0.6 is 15.9 Å². The van der Waals surface area contributed by atoms with E-state index in [4.69, 9.17) is 10.00 Å². The highest BCUT2D eigenvalue weighted by atomic mass is 79.9. The molecule has 1 aromatic rings. The van der Waals surface area contributed by atoms with Crippen molar-refractivity contribution < 1.29 is 4.74 Å². The summed E-state index contributed by atoms with van der Waals surface area (Å²) in [6.07, 6.45) is 3.88. The third-order valence-corrected chi connectivity index (χ3v) is 2.12. The maximum Gasteiger partial charge on any atom is 0.126 e. The van der Waals surface area contributed by atoms with Crippen LogP contribution in [0, 0.1) is 11.3 Å². The lowest BCUT2D eigenvalue weighted by Crippen LogP contribution is -1.87. The van der Waals surface area contributed by atoms with Crippen molar-refractivity contribution in [3.05, 3.63) is 35.4 Å². The van der Waals surface area contributed by atoms with Gasteiger partial charge in [0.15, 0.2) is 0 Å². The zero-order valence-corrected chi connectivity index (χ0v) is 9.41. The van der Waals surface area contributed by atoms with E-state index >= 15 is 0 Å². The predicted molar refractivity (Wildman–Crippen MR) is 60.5 cm³/mol. The lowest BCUT2D eigenvalue weighted by atomic mass is 10.1. The molecule has 1 rings (SSSR count). The number of rotatable bonds is 3. The number of ether oxygens (including phenoxy) is 1. The smallest absolute Gasteiger partial charge is 0.126 e. The van der Waals surface area contributed by atoms with Gasteiger partial charge in [-0.3, -0.25) is 0 Å². The number of nitriles is 1. The second-order valence-electron chi connectivity index (χ2n) is 2.63. The van der Waals surface area contributed by atoms with Crippen LogP contribution in [-0.2, 0) is 0 Å². The Balaban J connectivity index is 3.10. The van der Waals surface area contributed by atoms with Crippen molar-refractivity contribution in [2.75, 3.05) is 12.4 Å². The molecule has 0 N–H and O–H groups in total. The van der Waals surface area contributed by atoms with Crippen molar-refractivity contribution in [2.24, 2.45) is 0 Å². The Morgan fingerprint density at radius 2 is 2.36 bits per heavy atom. The lowest BCUT2D eigenvalue weighted by molar-refractivity contribution is 0.414. The highest BCUT2D eigenvalue weighted by molar-refractivity contribution is 9.09. The molecule has 0 bridgehead atoms. The lowest BCUT2D eigenvalue weighted by Gasteiger charge is -2.04. The Morgan fingerprint density at radius 1 is 1.57 bits per heavy atom. The molecule has 14 heavy (non-hydrogen) atoms. The van der Waals surface area contributed by atoms with Gasteiger partial charge in [0.25, 0.3) is 0 Å². The van der Waals surface area contributed by atoms with Gasteiger partial charge >= 0.3 is 0 Å². The number of hydrogen-bond acceptors (Lipinski definition) is 2. The standard InChI is InChI=1S/C11H10BrNO/c1-14-11-5-4-9(8-13)7-10(11)3-2-6-12/h2-5,7H,6H2,1H3. The minimum atomic E-state index is 0.639. The van der Waals surface area contributed by atoms with Crippen LogP contribution < -0.4 is 4.74 Å². The summed E-state index contributed by atoms with van der Waals surface area (Å²) in [5.74, 6) is 0.779. The van der Waals surface area contributed by atoms with Gasteiger partial charge < -0.3 is 4.74 Å². The predicted octanol–water partition coefficient (Wildman–Crippen LogP) is 2.97. The normalized spacial score (nSPS) is 10.1. The average Bonchev–Trinajstić information content (AvgIpc) is 2.25. The summed E-state index contributed by atoms with van der Waals surface area (Å²) in [6, 6.07) is 7.44. The number of alkyl halides is 1. The molecule has 3 heteroatoms. The first-order chi connectivity index (χ1) is 6.81. The first-order valence-electron chi connectivity index (χ1n) is 4.12. The number of allylic oxidation sites excluding steroid dienone is 1. The molecule has 2 nitrogen and oxygen atoms in total. The van der Waals surface area contributed by atoms with Gasteiger partial charge in [-0.15, -0.1) is 0 Å². The van der Waals surface area contributed by atoms with Crippen LogP contribution in [0.3, 0.4) is 0 Å². The third-order valence-electron chi connectivity index (χ3n) is 1.75. The highest BCUT2D eigenvalue weighted by Crippen LogP contribution is 2.20. The van der Waals surface area contributed by atoms with Gasteiger partial charge in [0.1, 0.15) is 5.75 Å². The van der Waals surface area contributed by atoms with E-state index in [-0.39, 0.29) is 0 Å². The molecule has 0 radical (unpaired) electrons. The van der Waals surface area contributed by atoms with E-state index in [0.717, 1.165) is 16.6 Å². The van der Waals surface area contributed by atoms with E-state index in [2.05, 4.69) is 22.0 Å².